The van der Waals surface area contributed by atoms with Crippen molar-refractivity contribution in [3.63, 3.8) is 0 Å². The van der Waals surface area contributed by atoms with E-state index in [1.807, 2.05) is 12.1 Å². The van der Waals surface area contributed by atoms with Crippen molar-refractivity contribution < 1.29 is 0 Å². The predicted molar refractivity (Wildman–Crippen MR) is 55.1 cm³/mol. The van der Waals surface area contributed by atoms with E-state index >= 15 is 0 Å². The molecule has 0 unspecified atom stereocenters. The van der Waals surface area contributed by atoms with Crippen molar-refractivity contribution >= 4 is 0 Å². The summed E-state index contributed by atoms with van der Waals surface area (Å²) in [7, 11) is 0. The zero-order valence-electron chi connectivity index (χ0n) is 8.50. The van der Waals surface area contributed by atoms with Crippen LogP contribution in [0.5, 0.6) is 0 Å². The fourth-order valence-electron chi connectivity index (χ4n) is 1.11. The minimum absolute atomic E-state index is 0.476. The summed E-state index contributed by atoms with van der Waals surface area (Å²) < 4.78 is 0. The molecule has 0 rings (SSSR count). The quantitative estimate of drug-likeness (QED) is 0.558. The van der Waals surface area contributed by atoms with Gasteiger partial charge in [-0.15, -0.1) is 0 Å². The maximum Gasteiger partial charge on any atom is 0.145 e. The Morgan fingerprint density at radius 2 is 1.71 bits per heavy atom. The van der Waals surface area contributed by atoms with Crippen LogP contribution in [0.25, 0.3) is 0 Å². The lowest BCUT2D eigenvalue weighted by Gasteiger charge is -2.03. The van der Waals surface area contributed by atoms with Crippen LogP contribution < -0.4 is 11.1 Å². The molecule has 0 aliphatic carbocycles. The third kappa shape index (κ3) is 7.54. The summed E-state index contributed by atoms with van der Waals surface area (Å²) >= 11 is 0. The van der Waals surface area contributed by atoms with Crippen molar-refractivity contribution in [2.24, 2.45) is 11.7 Å². The average molecular weight is 194 g/mol. The second-order valence-corrected chi connectivity index (χ2v) is 3.22. The third-order valence-electron chi connectivity index (χ3n) is 1.97. The van der Waals surface area contributed by atoms with Crippen LogP contribution in [0.1, 0.15) is 25.7 Å². The van der Waals surface area contributed by atoms with Gasteiger partial charge in [-0.1, -0.05) is 12.8 Å². The SMILES string of the molecule is N#CC(C#N)CNCCCCCCN. The lowest BCUT2D eigenvalue weighted by Crippen LogP contribution is -2.22. The monoisotopic (exact) mass is 194 g/mol. The zero-order chi connectivity index (χ0) is 10.6. The maximum absolute atomic E-state index is 8.47. The second-order valence-electron chi connectivity index (χ2n) is 3.22. The molecule has 0 saturated carbocycles. The van der Waals surface area contributed by atoms with Crippen LogP contribution in [0.3, 0.4) is 0 Å². The molecular weight excluding hydrogens is 176 g/mol. The molecule has 0 spiro atoms. The first-order valence-electron chi connectivity index (χ1n) is 5.05. The van der Waals surface area contributed by atoms with E-state index in [4.69, 9.17) is 16.3 Å². The minimum Gasteiger partial charge on any atom is -0.330 e. The topological polar surface area (TPSA) is 85.6 Å². The Morgan fingerprint density at radius 3 is 2.29 bits per heavy atom. The number of hydrogen-bond donors (Lipinski definition) is 2. The molecule has 78 valence electrons. The largest absolute Gasteiger partial charge is 0.330 e. The Kier molecular flexibility index (Phi) is 9.20. The van der Waals surface area contributed by atoms with Gasteiger partial charge in [0.05, 0.1) is 12.1 Å². The number of nitrogens with two attached hydrogens (primary N) is 1. The molecule has 14 heavy (non-hydrogen) atoms. The van der Waals surface area contributed by atoms with Gasteiger partial charge < -0.3 is 11.1 Å². The van der Waals surface area contributed by atoms with Gasteiger partial charge in [0, 0.05) is 6.54 Å². The Bertz CT molecular complexity index is 187. The third-order valence-corrected chi connectivity index (χ3v) is 1.97. The average Bonchev–Trinajstić information content (AvgIpc) is 2.22. The normalized spacial score (nSPS) is 9.71. The standard InChI is InChI=1S/C10H18N4/c11-5-3-1-2-4-6-14-9-10(7-12)8-13/h10,14H,1-6,9,11H2. The molecule has 4 heteroatoms. The minimum atomic E-state index is -0.515. The lowest BCUT2D eigenvalue weighted by atomic mass is 10.2. The highest BCUT2D eigenvalue weighted by molar-refractivity contribution is 4.99. The van der Waals surface area contributed by atoms with Gasteiger partial charge in [0.15, 0.2) is 0 Å². The van der Waals surface area contributed by atoms with E-state index in [1.54, 1.807) is 0 Å². The van der Waals surface area contributed by atoms with Crippen LogP contribution in [0.2, 0.25) is 0 Å². The maximum atomic E-state index is 8.47. The summed E-state index contributed by atoms with van der Waals surface area (Å²) in [6.07, 6.45) is 4.49. The number of rotatable bonds is 8. The van der Waals surface area contributed by atoms with Crippen LogP contribution in [0.4, 0.5) is 0 Å². The number of nitrogens with zero attached hydrogens (tertiary/aromatic N) is 2. The van der Waals surface area contributed by atoms with Crippen molar-refractivity contribution in [3.05, 3.63) is 0 Å². The van der Waals surface area contributed by atoms with E-state index in [0.717, 1.165) is 38.8 Å². The molecule has 0 aliphatic heterocycles. The molecule has 0 aromatic rings. The Morgan fingerprint density at radius 1 is 1.07 bits per heavy atom. The summed E-state index contributed by atoms with van der Waals surface area (Å²) in [5.74, 6) is -0.515. The molecule has 0 amide bonds. The van der Waals surface area contributed by atoms with E-state index in [1.165, 1.54) is 0 Å². The molecule has 3 N–H and O–H groups in total. The summed E-state index contributed by atoms with van der Waals surface area (Å²) in [6.45, 7) is 2.12. The Hall–Kier alpha value is -1.10. The summed E-state index contributed by atoms with van der Waals surface area (Å²) in [6, 6.07) is 3.85. The fourth-order valence-corrected chi connectivity index (χ4v) is 1.11. The van der Waals surface area contributed by atoms with Gasteiger partial charge in [-0.25, -0.2) is 0 Å². The van der Waals surface area contributed by atoms with Crippen molar-refractivity contribution in [2.45, 2.75) is 25.7 Å². The molecule has 4 nitrogen and oxygen atoms in total. The van der Waals surface area contributed by atoms with Gasteiger partial charge in [0.1, 0.15) is 5.92 Å². The molecule has 0 heterocycles. The predicted octanol–water partition coefficient (Wildman–Crippen LogP) is 0.758. The van der Waals surface area contributed by atoms with Crippen molar-refractivity contribution in [2.75, 3.05) is 19.6 Å². The molecule has 0 atom stereocenters. The summed E-state index contributed by atoms with van der Waals surface area (Å²) in [5.41, 5.74) is 5.36. The smallest absolute Gasteiger partial charge is 0.145 e. The summed E-state index contributed by atoms with van der Waals surface area (Å²) in [4.78, 5) is 0. The van der Waals surface area contributed by atoms with Gasteiger partial charge in [0.2, 0.25) is 0 Å². The first-order chi connectivity index (χ1) is 6.85. The van der Waals surface area contributed by atoms with E-state index in [0.29, 0.717) is 6.54 Å². The van der Waals surface area contributed by atoms with Gasteiger partial charge in [-0.3, -0.25) is 0 Å². The number of unbranched alkanes of at least 4 members (excludes halogenated alkanes) is 3. The van der Waals surface area contributed by atoms with Crippen LogP contribution in [0.15, 0.2) is 0 Å². The Balaban J connectivity index is 3.14. The molecule has 0 bridgehead atoms. The van der Waals surface area contributed by atoms with Gasteiger partial charge in [-0.2, -0.15) is 10.5 Å². The highest BCUT2D eigenvalue weighted by atomic mass is 14.8. The molecule has 0 aromatic heterocycles. The molecule has 0 radical (unpaired) electrons. The molecule has 0 saturated heterocycles. The molecule has 0 aromatic carbocycles. The van der Waals surface area contributed by atoms with Crippen molar-refractivity contribution in [3.8, 4) is 12.1 Å². The highest BCUT2D eigenvalue weighted by Gasteiger charge is 2.02. The Labute approximate surface area is 85.7 Å². The van der Waals surface area contributed by atoms with Crippen LogP contribution in [0, 0.1) is 28.6 Å². The number of nitriles is 2. The molecule has 0 fully saturated rings. The van der Waals surface area contributed by atoms with Crippen LogP contribution in [-0.2, 0) is 0 Å². The first-order valence-corrected chi connectivity index (χ1v) is 5.05. The van der Waals surface area contributed by atoms with Gasteiger partial charge in [-0.05, 0) is 25.9 Å². The van der Waals surface area contributed by atoms with E-state index < -0.39 is 5.92 Å². The van der Waals surface area contributed by atoms with Gasteiger partial charge in [0.25, 0.3) is 0 Å². The fraction of sp³-hybridized carbons (Fsp3) is 0.800. The van der Waals surface area contributed by atoms with Crippen molar-refractivity contribution in [1.29, 1.82) is 10.5 Å². The number of nitrogens with one attached hydrogen (secondary N) is 1. The second kappa shape index (κ2) is 9.98. The van der Waals surface area contributed by atoms with Crippen molar-refractivity contribution in [1.82, 2.24) is 5.32 Å². The van der Waals surface area contributed by atoms with E-state index in [2.05, 4.69) is 5.32 Å². The number of hydrogen-bond acceptors (Lipinski definition) is 4. The molecule has 0 aliphatic rings. The lowest BCUT2D eigenvalue weighted by molar-refractivity contribution is 0.575. The molecular formula is C10H18N4. The highest BCUT2D eigenvalue weighted by Crippen LogP contribution is 1.97. The van der Waals surface area contributed by atoms with E-state index in [-0.39, 0.29) is 0 Å². The summed E-state index contributed by atoms with van der Waals surface area (Å²) in [5, 5.41) is 20.0. The van der Waals surface area contributed by atoms with E-state index in [9.17, 15) is 0 Å². The van der Waals surface area contributed by atoms with Gasteiger partial charge >= 0.3 is 0 Å². The first kappa shape index (κ1) is 12.9. The van der Waals surface area contributed by atoms with Crippen LogP contribution in [-0.4, -0.2) is 19.6 Å². The van der Waals surface area contributed by atoms with Crippen LogP contribution >= 0.6 is 0 Å². The zero-order valence-corrected chi connectivity index (χ0v) is 8.50.